The van der Waals surface area contributed by atoms with Gasteiger partial charge >= 0.3 is 0 Å². The molecule has 0 unspecified atom stereocenters. The Balaban J connectivity index is 1.87. The standard InChI is InChI=1S/C21H18N2O2S/c1-3-23-17-11-7-5-9-14(17)19-15(21(23)25)12-18(26-19)20(24)22-16-10-6-4-8-13(16)2/h4-12H,3H2,1-2H3,(H,22,24). The molecule has 5 heteroatoms. The van der Waals surface area contributed by atoms with Gasteiger partial charge in [0, 0.05) is 22.3 Å². The van der Waals surface area contributed by atoms with Crippen molar-refractivity contribution in [2.24, 2.45) is 0 Å². The number of carbonyl (C=O) groups excluding carboxylic acids is 1. The first kappa shape index (κ1) is 16.5. The molecule has 1 N–H and O–H groups in total. The van der Waals surface area contributed by atoms with Gasteiger partial charge in [-0.25, -0.2) is 0 Å². The molecule has 1 amide bonds. The van der Waals surface area contributed by atoms with Crippen LogP contribution in [0.3, 0.4) is 0 Å². The van der Waals surface area contributed by atoms with E-state index in [1.54, 1.807) is 10.6 Å². The fraction of sp³-hybridized carbons (Fsp3) is 0.143. The number of hydrogen-bond donors (Lipinski definition) is 1. The second-order valence-electron chi connectivity index (χ2n) is 6.19. The smallest absolute Gasteiger partial charge is 0.265 e. The van der Waals surface area contributed by atoms with E-state index in [1.165, 1.54) is 11.3 Å². The molecule has 26 heavy (non-hydrogen) atoms. The minimum Gasteiger partial charge on any atom is -0.321 e. The van der Waals surface area contributed by atoms with E-state index >= 15 is 0 Å². The number of nitrogens with zero attached hydrogens (tertiary/aromatic N) is 1. The molecule has 2 aromatic carbocycles. The second-order valence-corrected chi connectivity index (χ2v) is 7.24. The lowest BCUT2D eigenvalue weighted by molar-refractivity contribution is 0.103. The fourth-order valence-corrected chi connectivity index (χ4v) is 4.31. The van der Waals surface area contributed by atoms with Crippen molar-refractivity contribution < 1.29 is 4.79 Å². The van der Waals surface area contributed by atoms with Crippen molar-refractivity contribution in [2.75, 3.05) is 5.32 Å². The Morgan fingerprint density at radius 2 is 1.81 bits per heavy atom. The van der Waals surface area contributed by atoms with E-state index in [2.05, 4.69) is 5.32 Å². The minimum absolute atomic E-state index is 0.0487. The first-order valence-electron chi connectivity index (χ1n) is 8.52. The summed E-state index contributed by atoms with van der Waals surface area (Å²) in [6.07, 6.45) is 0. The highest BCUT2D eigenvalue weighted by atomic mass is 32.1. The first-order chi connectivity index (χ1) is 12.6. The third-order valence-electron chi connectivity index (χ3n) is 4.58. The van der Waals surface area contributed by atoms with Gasteiger partial charge < -0.3 is 9.88 Å². The average Bonchev–Trinajstić information content (AvgIpc) is 3.10. The molecule has 0 aliphatic heterocycles. The Labute approximate surface area is 154 Å². The lowest BCUT2D eigenvalue weighted by atomic mass is 10.1. The SMILES string of the molecule is CCn1c(=O)c2cc(C(=O)Nc3ccccc3C)sc2c2ccccc21. The third-order valence-corrected chi connectivity index (χ3v) is 5.75. The molecule has 0 radical (unpaired) electrons. The van der Waals surface area contributed by atoms with Gasteiger partial charge in [0.25, 0.3) is 11.5 Å². The fourth-order valence-electron chi connectivity index (χ4n) is 3.23. The Bertz CT molecular complexity index is 1200. The highest BCUT2D eigenvalue weighted by Gasteiger charge is 2.17. The van der Waals surface area contributed by atoms with Crippen molar-refractivity contribution in [1.29, 1.82) is 0 Å². The van der Waals surface area contributed by atoms with Crippen LogP contribution in [0.25, 0.3) is 21.0 Å². The van der Waals surface area contributed by atoms with Gasteiger partial charge in [-0.2, -0.15) is 0 Å². The molecule has 4 aromatic rings. The number of rotatable bonds is 3. The lowest BCUT2D eigenvalue weighted by Crippen LogP contribution is -2.19. The Morgan fingerprint density at radius 3 is 2.58 bits per heavy atom. The Kier molecular flexibility index (Phi) is 4.09. The van der Waals surface area contributed by atoms with Crippen molar-refractivity contribution in [1.82, 2.24) is 4.57 Å². The van der Waals surface area contributed by atoms with Crippen LogP contribution in [0.1, 0.15) is 22.2 Å². The molecule has 2 heterocycles. The Morgan fingerprint density at radius 1 is 1.08 bits per heavy atom. The van der Waals surface area contributed by atoms with Crippen LogP contribution < -0.4 is 10.9 Å². The summed E-state index contributed by atoms with van der Waals surface area (Å²) in [7, 11) is 0. The van der Waals surface area contributed by atoms with E-state index < -0.39 is 0 Å². The number of fused-ring (bicyclic) bond motifs is 3. The van der Waals surface area contributed by atoms with E-state index in [0.717, 1.165) is 26.9 Å². The quantitative estimate of drug-likeness (QED) is 0.569. The maximum atomic E-state index is 12.9. The summed E-state index contributed by atoms with van der Waals surface area (Å²) in [4.78, 5) is 26.1. The van der Waals surface area contributed by atoms with Crippen LogP contribution in [-0.2, 0) is 6.54 Å². The van der Waals surface area contributed by atoms with Crippen LogP contribution in [0.4, 0.5) is 5.69 Å². The van der Waals surface area contributed by atoms with Crippen LogP contribution in [0.5, 0.6) is 0 Å². The topological polar surface area (TPSA) is 51.1 Å². The average molecular weight is 362 g/mol. The van der Waals surface area contributed by atoms with E-state index in [-0.39, 0.29) is 11.5 Å². The van der Waals surface area contributed by atoms with Gasteiger partial charge in [0.2, 0.25) is 0 Å². The highest BCUT2D eigenvalue weighted by molar-refractivity contribution is 7.21. The molecule has 0 spiro atoms. The number of carbonyl (C=O) groups is 1. The molecular formula is C21H18N2O2S. The zero-order chi connectivity index (χ0) is 18.3. The maximum absolute atomic E-state index is 12.9. The zero-order valence-corrected chi connectivity index (χ0v) is 15.4. The lowest BCUT2D eigenvalue weighted by Gasteiger charge is -2.08. The number of para-hydroxylation sites is 2. The van der Waals surface area contributed by atoms with Gasteiger partial charge in [-0.15, -0.1) is 11.3 Å². The van der Waals surface area contributed by atoms with Gasteiger partial charge in [-0.1, -0.05) is 36.4 Å². The number of anilines is 1. The van der Waals surface area contributed by atoms with Crippen molar-refractivity contribution in [3.63, 3.8) is 0 Å². The predicted octanol–water partition coefficient (Wildman–Crippen LogP) is 4.80. The predicted molar refractivity (Wildman–Crippen MR) is 108 cm³/mol. The van der Waals surface area contributed by atoms with Crippen LogP contribution in [0.2, 0.25) is 0 Å². The number of nitrogens with one attached hydrogen (secondary N) is 1. The largest absolute Gasteiger partial charge is 0.321 e. The van der Waals surface area contributed by atoms with Crippen molar-refractivity contribution >= 4 is 43.9 Å². The van der Waals surface area contributed by atoms with Crippen molar-refractivity contribution in [2.45, 2.75) is 20.4 Å². The summed E-state index contributed by atoms with van der Waals surface area (Å²) in [5.41, 5.74) is 2.64. The van der Waals surface area contributed by atoms with Crippen LogP contribution in [0.15, 0.2) is 59.4 Å². The third kappa shape index (κ3) is 2.61. The normalized spacial score (nSPS) is 11.2. The second kappa shape index (κ2) is 6.42. The van der Waals surface area contributed by atoms with E-state index in [4.69, 9.17) is 0 Å². The summed E-state index contributed by atoms with van der Waals surface area (Å²) in [5.74, 6) is -0.188. The van der Waals surface area contributed by atoms with Crippen molar-refractivity contribution in [3.8, 4) is 0 Å². The summed E-state index contributed by atoms with van der Waals surface area (Å²) >= 11 is 1.37. The van der Waals surface area contributed by atoms with Gasteiger partial charge in [-0.05, 0) is 37.6 Å². The van der Waals surface area contributed by atoms with Crippen LogP contribution >= 0.6 is 11.3 Å². The first-order valence-corrected chi connectivity index (χ1v) is 9.34. The van der Waals surface area contributed by atoms with Crippen molar-refractivity contribution in [3.05, 3.63) is 75.4 Å². The summed E-state index contributed by atoms with van der Waals surface area (Å²) < 4.78 is 2.62. The number of aryl methyl sites for hydroxylation is 2. The number of pyridine rings is 1. The van der Waals surface area contributed by atoms with Crippen LogP contribution in [-0.4, -0.2) is 10.5 Å². The van der Waals surface area contributed by atoms with E-state index in [0.29, 0.717) is 16.8 Å². The molecule has 4 nitrogen and oxygen atoms in total. The van der Waals surface area contributed by atoms with E-state index in [1.807, 2.05) is 62.4 Å². The molecule has 0 fully saturated rings. The Hall–Kier alpha value is -2.92. The molecule has 130 valence electrons. The minimum atomic E-state index is -0.188. The molecule has 0 saturated heterocycles. The monoisotopic (exact) mass is 362 g/mol. The molecule has 4 rings (SSSR count). The maximum Gasteiger partial charge on any atom is 0.265 e. The summed E-state index contributed by atoms with van der Waals surface area (Å²) in [6.45, 7) is 4.50. The van der Waals surface area contributed by atoms with Gasteiger partial charge in [-0.3, -0.25) is 9.59 Å². The number of thiophene rings is 1. The number of aromatic nitrogens is 1. The molecule has 0 aliphatic rings. The summed E-state index contributed by atoms with van der Waals surface area (Å²) in [5, 5.41) is 4.55. The molecule has 2 aromatic heterocycles. The molecule has 0 bridgehead atoms. The van der Waals surface area contributed by atoms with Gasteiger partial charge in [0.15, 0.2) is 0 Å². The molecular weight excluding hydrogens is 344 g/mol. The van der Waals surface area contributed by atoms with Crippen LogP contribution in [0, 0.1) is 6.92 Å². The van der Waals surface area contributed by atoms with Gasteiger partial charge in [0.05, 0.1) is 15.8 Å². The zero-order valence-electron chi connectivity index (χ0n) is 14.6. The van der Waals surface area contributed by atoms with Gasteiger partial charge in [0.1, 0.15) is 0 Å². The molecule has 0 saturated carbocycles. The molecule has 0 aliphatic carbocycles. The molecule has 0 atom stereocenters. The summed E-state index contributed by atoms with van der Waals surface area (Å²) in [6, 6.07) is 17.2. The number of hydrogen-bond acceptors (Lipinski definition) is 3. The number of benzene rings is 2. The highest BCUT2D eigenvalue weighted by Crippen LogP contribution is 2.31. The van der Waals surface area contributed by atoms with E-state index in [9.17, 15) is 9.59 Å². The number of amides is 1.